The van der Waals surface area contributed by atoms with E-state index in [9.17, 15) is 14.4 Å². The molecule has 0 unspecified atom stereocenters. The van der Waals surface area contributed by atoms with E-state index in [1.165, 1.54) is 25.9 Å². The number of hydrogen-bond donors (Lipinski definition) is 0. The van der Waals surface area contributed by atoms with E-state index in [1.54, 1.807) is 0 Å². The summed E-state index contributed by atoms with van der Waals surface area (Å²) in [6, 6.07) is 0. The maximum absolute atomic E-state index is 13.1. The molecule has 0 heterocycles. The lowest BCUT2D eigenvalue weighted by Gasteiger charge is -2.58. The zero-order chi connectivity index (χ0) is 25.0. The van der Waals surface area contributed by atoms with Crippen molar-refractivity contribution < 1.29 is 28.6 Å². The van der Waals surface area contributed by atoms with Crippen LogP contribution < -0.4 is 0 Å². The number of allylic oxidation sites excluding steroid dienone is 2. The molecule has 0 N–H and O–H groups in total. The summed E-state index contributed by atoms with van der Waals surface area (Å²) in [7, 11) is 2.81. The van der Waals surface area contributed by atoms with Crippen LogP contribution in [0.3, 0.4) is 0 Å². The zero-order valence-corrected chi connectivity index (χ0v) is 21.7. The summed E-state index contributed by atoms with van der Waals surface area (Å²) in [5.41, 5.74) is 1.16. The van der Waals surface area contributed by atoms with Gasteiger partial charge < -0.3 is 14.2 Å². The van der Waals surface area contributed by atoms with Crippen LogP contribution in [0, 0.1) is 28.6 Å². The van der Waals surface area contributed by atoms with Gasteiger partial charge in [0, 0.05) is 18.4 Å². The fourth-order valence-corrected chi connectivity index (χ4v) is 6.35. The first-order chi connectivity index (χ1) is 15.4. The van der Waals surface area contributed by atoms with Gasteiger partial charge in [0.05, 0.1) is 19.6 Å². The van der Waals surface area contributed by atoms with E-state index in [-0.39, 0.29) is 41.1 Å². The van der Waals surface area contributed by atoms with Crippen molar-refractivity contribution in [3.63, 3.8) is 0 Å². The third-order valence-electron chi connectivity index (χ3n) is 7.80. The van der Waals surface area contributed by atoms with Crippen molar-refractivity contribution in [2.45, 2.75) is 86.2 Å². The number of carbonyl (C=O) groups excluding carboxylic acids is 3. The Labute approximate surface area is 199 Å². The minimum atomic E-state index is -0.739. The molecule has 0 spiro atoms. The van der Waals surface area contributed by atoms with Crippen molar-refractivity contribution in [2.24, 2.45) is 28.6 Å². The van der Waals surface area contributed by atoms with Gasteiger partial charge in [-0.1, -0.05) is 38.3 Å². The van der Waals surface area contributed by atoms with Crippen LogP contribution in [0.4, 0.5) is 0 Å². The number of hydrogen-bond acceptors (Lipinski definition) is 6. The summed E-state index contributed by atoms with van der Waals surface area (Å²) in [5.74, 6) is -0.589. The van der Waals surface area contributed by atoms with Gasteiger partial charge in [-0.3, -0.25) is 9.59 Å². The molecule has 0 saturated heterocycles. The van der Waals surface area contributed by atoms with Gasteiger partial charge in [-0.25, -0.2) is 4.79 Å². The van der Waals surface area contributed by atoms with Crippen LogP contribution in [-0.2, 0) is 28.6 Å². The van der Waals surface area contributed by atoms with Crippen LogP contribution in [0.2, 0.25) is 0 Å². The largest absolute Gasteiger partial charge is 0.469 e. The second-order valence-corrected chi connectivity index (χ2v) is 10.8. The Balaban J connectivity index is 2.46. The second kappa shape index (κ2) is 10.9. The number of rotatable bonds is 8. The first kappa shape index (κ1) is 27.1. The molecule has 0 bridgehead atoms. The Hall–Kier alpha value is -2.11. The topological polar surface area (TPSA) is 78.9 Å². The molecule has 0 aromatic carbocycles. The van der Waals surface area contributed by atoms with E-state index in [1.807, 2.05) is 27.7 Å². The molecule has 1 fully saturated rings. The fourth-order valence-electron chi connectivity index (χ4n) is 6.35. The van der Waals surface area contributed by atoms with Crippen LogP contribution in [0.15, 0.2) is 23.3 Å². The number of fused-ring (bicyclic) bond motifs is 1. The highest BCUT2D eigenvalue weighted by atomic mass is 16.5. The number of ether oxygens (including phenoxy) is 3. The highest BCUT2D eigenvalue weighted by Crippen LogP contribution is 2.61. The molecule has 0 aromatic heterocycles. The normalized spacial score (nSPS) is 32.0. The summed E-state index contributed by atoms with van der Waals surface area (Å²) < 4.78 is 16.1. The van der Waals surface area contributed by atoms with Gasteiger partial charge >= 0.3 is 17.9 Å². The minimum absolute atomic E-state index is 0.180. The van der Waals surface area contributed by atoms with Crippen molar-refractivity contribution in [1.82, 2.24) is 0 Å². The second-order valence-electron chi connectivity index (χ2n) is 10.8. The Morgan fingerprint density at radius 1 is 1.15 bits per heavy atom. The fraction of sp³-hybridized carbons (Fsp3) is 0.741. The first-order valence-electron chi connectivity index (χ1n) is 12.1. The summed E-state index contributed by atoms with van der Waals surface area (Å²) in [5, 5.41) is 0. The van der Waals surface area contributed by atoms with Crippen LogP contribution in [0.5, 0.6) is 0 Å². The highest BCUT2D eigenvalue weighted by molar-refractivity contribution is 5.82. The van der Waals surface area contributed by atoms with E-state index in [0.29, 0.717) is 12.8 Å². The van der Waals surface area contributed by atoms with Crippen molar-refractivity contribution in [3.8, 4) is 0 Å². The number of esters is 3. The van der Waals surface area contributed by atoms with Crippen LogP contribution in [0.25, 0.3) is 0 Å². The van der Waals surface area contributed by atoms with Crippen LogP contribution >= 0.6 is 0 Å². The van der Waals surface area contributed by atoms with Crippen molar-refractivity contribution in [3.05, 3.63) is 23.3 Å². The molecule has 0 aliphatic heterocycles. The summed E-state index contributed by atoms with van der Waals surface area (Å²) in [6.45, 7) is 12.2. The SMILES string of the molecule is COC(=O)/C=C(\C)CC[C@@H]1C(C)=C[C@@H](OC(=O)CC(C)C)[C@H]2[C@@]1(C)CCC[C@]2(C)C(=O)OC. The molecular formula is C27H42O6. The van der Waals surface area contributed by atoms with Crippen molar-refractivity contribution in [2.75, 3.05) is 14.2 Å². The first-order valence-corrected chi connectivity index (χ1v) is 12.1. The van der Waals surface area contributed by atoms with Gasteiger partial charge in [-0.05, 0) is 69.8 Å². The maximum Gasteiger partial charge on any atom is 0.330 e. The maximum atomic E-state index is 13.1. The quantitative estimate of drug-likeness (QED) is 0.208. The lowest BCUT2D eigenvalue weighted by atomic mass is 9.47. The van der Waals surface area contributed by atoms with Gasteiger partial charge in [0.15, 0.2) is 0 Å². The Kier molecular flexibility index (Phi) is 8.94. The summed E-state index contributed by atoms with van der Waals surface area (Å²) in [6.07, 6.45) is 7.64. The molecule has 6 heteroatoms. The average molecular weight is 463 g/mol. The van der Waals surface area contributed by atoms with E-state index < -0.39 is 11.5 Å². The Bertz CT molecular complexity index is 809. The molecule has 0 amide bonds. The lowest BCUT2D eigenvalue weighted by Crippen LogP contribution is -2.58. The molecule has 0 radical (unpaired) electrons. The minimum Gasteiger partial charge on any atom is -0.469 e. The lowest BCUT2D eigenvalue weighted by molar-refractivity contribution is -0.184. The van der Waals surface area contributed by atoms with Gasteiger partial charge in [0.2, 0.25) is 0 Å². The number of methoxy groups -OCH3 is 2. The molecule has 2 rings (SSSR count). The van der Waals surface area contributed by atoms with Gasteiger partial charge in [-0.15, -0.1) is 0 Å². The molecule has 33 heavy (non-hydrogen) atoms. The van der Waals surface area contributed by atoms with Crippen molar-refractivity contribution in [1.29, 1.82) is 0 Å². The Morgan fingerprint density at radius 2 is 1.82 bits per heavy atom. The summed E-state index contributed by atoms with van der Waals surface area (Å²) in [4.78, 5) is 37.4. The van der Waals surface area contributed by atoms with Gasteiger partial charge in [-0.2, -0.15) is 0 Å². The summed E-state index contributed by atoms with van der Waals surface area (Å²) >= 11 is 0. The molecule has 1 saturated carbocycles. The van der Waals surface area contributed by atoms with Gasteiger partial charge in [0.25, 0.3) is 0 Å². The van der Waals surface area contributed by atoms with E-state index in [0.717, 1.165) is 31.3 Å². The van der Waals surface area contributed by atoms with E-state index in [2.05, 4.69) is 19.9 Å². The van der Waals surface area contributed by atoms with Crippen LogP contribution in [-0.4, -0.2) is 38.2 Å². The molecule has 6 nitrogen and oxygen atoms in total. The molecule has 5 atom stereocenters. The Morgan fingerprint density at radius 3 is 2.39 bits per heavy atom. The zero-order valence-electron chi connectivity index (χ0n) is 21.7. The molecule has 2 aliphatic rings. The molecule has 2 aliphatic carbocycles. The smallest absolute Gasteiger partial charge is 0.330 e. The van der Waals surface area contributed by atoms with E-state index in [4.69, 9.17) is 14.2 Å². The van der Waals surface area contributed by atoms with Gasteiger partial charge in [0.1, 0.15) is 6.10 Å². The molecule has 186 valence electrons. The predicted octanol–water partition coefficient (Wildman–Crippen LogP) is 5.41. The standard InChI is InChI=1S/C27H42O6/c1-17(2)14-23(29)33-21-16-19(4)20(11-10-18(3)15-22(28)31-7)26(5)12-9-13-27(6,24(21)26)25(30)32-8/h15-17,20-21,24H,9-14H2,1-8H3/b18-15+/t20-,21-,24+,26+,27+/m1/s1. The number of carbonyl (C=O) groups is 3. The third-order valence-corrected chi connectivity index (χ3v) is 7.80. The molecule has 0 aromatic rings. The van der Waals surface area contributed by atoms with Crippen molar-refractivity contribution >= 4 is 17.9 Å². The highest BCUT2D eigenvalue weighted by Gasteiger charge is 2.61. The van der Waals surface area contributed by atoms with E-state index >= 15 is 0 Å². The monoisotopic (exact) mass is 462 g/mol. The predicted molar refractivity (Wildman–Crippen MR) is 127 cm³/mol. The van der Waals surface area contributed by atoms with Crippen LogP contribution in [0.1, 0.15) is 80.1 Å². The third kappa shape index (κ3) is 5.88. The molecular weight excluding hydrogens is 420 g/mol. The average Bonchev–Trinajstić information content (AvgIpc) is 2.71.